The summed E-state index contributed by atoms with van der Waals surface area (Å²) >= 11 is 0. The lowest BCUT2D eigenvalue weighted by molar-refractivity contribution is -0.409. The molecule has 0 unspecified atom stereocenters. The number of aliphatic hydroxyl groups excluding tert-OH is 14. The first kappa shape index (κ1) is 48.6. The summed E-state index contributed by atoms with van der Waals surface area (Å²) in [7, 11) is 0. The molecule has 344 valence electrons. The van der Waals surface area contributed by atoms with Gasteiger partial charge >= 0.3 is 0 Å². The number of nitrogens with one attached hydrogen (secondary N) is 1. The fourth-order valence-corrected chi connectivity index (χ4v) is 7.77. The molecule has 5 saturated heterocycles. The number of hydrogen-bond acceptors (Lipinski definition) is 24. The molecule has 25 nitrogen and oxygen atoms in total. The van der Waals surface area contributed by atoms with Crippen LogP contribution in [-0.2, 0) is 47.4 Å². The minimum Gasteiger partial charge on any atom is -0.394 e. The van der Waals surface area contributed by atoms with Crippen molar-refractivity contribution < 1.29 is 119 Å². The zero-order valence-electron chi connectivity index (χ0n) is 32.3. The topological polar surface area (TPSA) is 395 Å². The quantitative estimate of drug-likeness (QED) is 0.0771. The summed E-state index contributed by atoms with van der Waals surface area (Å²) in [6.07, 6.45) is -42.5. The molecule has 5 aliphatic heterocycles. The number of rotatable bonds is 14. The molecule has 59 heavy (non-hydrogen) atoms. The molecule has 1 amide bonds. The molecule has 25 heteroatoms. The van der Waals surface area contributed by atoms with Crippen LogP contribution in [0.2, 0.25) is 0 Å². The Balaban J connectivity index is 1.56. The summed E-state index contributed by atoms with van der Waals surface area (Å²) in [5, 5.41) is 152. The van der Waals surface area contributed by atoms with E-state index in [1.54, 1.807) is 13.8 Å². The lowest BCUT2D eigenvalue weighted by Gasteiger charge is -2.51. The van der Waals surface area contributed by atoms with Gasteiger partial charge in [0.15, 0.2) is 31.5 Å². The van der Waals surface area contributed by atoms with Gasteiger partial charge in [0.2, 0.25) is 5.91 Å². The molecule has 15 N–H and O–H groups in total. The number of ether oxygens (including phenoxy) is 9. The van der Waals surface area contributed by atoms with Crippen molar-refractivity contribution in [1.82, 2.24) is 5.32 Å². The molecule has 0 spiro atoms. The molecule has 0 aromatic rings. The molecule has 0 aliphatic carbocycles. The second-order valence-corrected chi connectivity index (χ2v) is 15.1. The van der Waals surface area contributed by atoms with E-state index < -0.39 is 179 Å². The van der Waals surface area contributed by atoms with Crippen molar-refractivity contribution in [3.05, 3.63) is 0 Å². The van der Waals surface area contributed by atoms with E-state index in [-0.39, 0.29) is 12.8 Å². The standard InChI is InChI=1S/C34H59NO24/c1-4-10-16(40)21(45)23(47)32(52-10)58-28-25(49)30(50)51-14(8-38)26(28)56-34-29(59-33-24(48)22(46)17(41)11(5-2)53-33)27(19(43)13(7-37)55-34)57-31-15(35-9(3)39)20(44)18(42)12(6-36)54-31/h10-34,36-38,40-50H,4-8H2,1-3H3,(H,35,39)/t10-,11-,12+,13+,14+,15+,16+,17+,18-,19-,20+,21+,22+,23-,24-,25+,26+,27-,28+,29+,30-,31+,32-,33-,34-/m0/s1. The normalized spacial score (nSPS) is 51.0. The molecule has 0 bridgehead atoms. The first-order valence-electron chi connectivity index (χ1n) is 19.4. The Labute approximate surface area is 337 Å². The molecular weight excluding hydrogens is 806 g/mol. The smallest absolute Gasteiger partial charge is 0.217 e. The van der Waals surface area contributed by atoms with Gasteiger partial charge in [0.25, 0.3) is 0 Å². The summed E-state index contributed by atoms with van der Waals surface area (Å²) in [6.45, 7) is 1.43. The molecule has 0 saturated carbocycles. The van der Waals surface area contributed by atoms with Crippen LogP contribution in [0, 0.1) is 0 Å². The van der Waals surface area contributed by atoms with Gasteiger partial charge in [-0.25, -0.2) is 0 Å². The minimum atomic E-state index is -2.07. The van der Waals surface area contributed by atoms with Crippen molar-refractivity contribution in [3.63, 3.8) is 0 Å². The van der Waals surface area contributed by atoms with Crippen molar-refractivity contribution in [2.24, 2.45) is 0 Å². The van der Waals surface area contributed by atoms with Crippen LogP contribution in [-0.4, -0.2) is 251 Å². The zero-order chi connectivity index (χ0) is 43.6. The monoisotopic (exact) mass is 865 g/mol. The van der Waals surface area contributed by atoms with E-state index in [0.29, 0.717) is 0 Å². The van der Waals surface area contributed by atoms with Crippen LogP contribution in [0.1, 0.15) is 33.6 Å². The minimum absolute atomic E-state index is 0.0780. The zero-order valence-corrected chi connectivity index (χ0v) is 32.3. The summed E-state index contributed by atoms with van der Waals surface area (Å²) in [5.41, 5.74) is 0. The molecule has 0 aromatic carbocycles. The molecular formula is C34H59NO24. The average molecular weight is 866 g/mol. The van der Waals surface area contributed by atoms with E-state index in [0.717, 1.165) is 6.92 Å². The van der Waals surface area contributed by atoms with E-state index in [1.165, 1.54) is 0 Å². The lowest BCUT2D eigenvalue weighted by Crippen LogP contribution is -2.70. The first-order valence-corrected chi connectivity index (χ1v) is 19.4. The Kier molecular flexibility index (Phi) is 17.1. The lowest BCUT2D eigenvalue weighted by atomic mass is 9.94. The van der Waals surface area contributed by atoms with Crippen molar-refractivity contribution in [3.8, 4) is 0 Å². The van der Waals surface area contributed by atoms with E-state index in [4.69, 9.17) is 42.6 Å². The SMILES string of the molecule is CC[C@@H]1O[C@@H](O[C@@H]2[C@@H](O)[C@@H](O)O[C@H](CO)[C@H]2O[C@@H]2O[C@H](CO)[C@H](O)[C@H](O[C@H]3O[C@H](CO)[C@H](O)[C@H](O)[C@H]3NC(C)=O)[C@H]2O[C@@H]2O[C@@H](CC)[C@@H](O)[C@@H](O)[C@@H]2O)[C@@H](O)[C@H](O)[C@@H]1O. The highest BCUT2D eigenvalue weighted by Crippen LogP contribution is 2.37. The molecule has 0 aromatic heterocycles. The van der Waals surface area contributed by atoms with Crippen LogP contribution >= 0.6 is 0 Å². The summed E-state index contributed by atoms with van der Waals surface area (Å²) in [5.74, 6) is -0.744. The van der Waals surface area contributed by atoms with Crippen molar-refractivity contribution in [2.75, 3.05) is 19.8 Å². The number of carbonyl (C=O) groups excluding carboxylic acids is 1. The van der Waals surface area contributed by atoms with Gasteiger partial charge in [0, 0.05) is 6.92 Å². The summed E-state index contributed by atoms with van der Waals surface area (Å²) in [6, 6.07) is -1.60. The molecule has 5 heterocycles. The number of carbonyl (C=O) groups is 1. The molecule has 5 aliphatic rings. The number of amides is 1. The Morgan fingerprint density at radius 3 is 1.34 bits per heavy atom. The van der Waals surface area contributed by atoms with Crippen LogP contribution in [0.3, 0.4) is 0 Å². The molecule has 0 radical (unpaired) electrons. The highest BCUT2D eigenvalue weighted by molar-refractivity contribution is 5.73. The van der Waals surface area contributed by atoms with Gasteiger partial charge < -0.3 is 119 Å². The van der Waals surface area contributed by atoms with E-state index in [2.05, 4.69) is 5.32 Å². The molecule has 25 atom stereocenters. The molecule has 5 rings (SSSR count). The fourth-order valence-electron chi connectivity index (χ4n) is 7.77. The first-order chi connectivity index (χ1) is 27.9. The van der Waals surface area contributed by atoms with Gasteiger partial charge in [-0.2, -0.15) is 0 Å². The van der Waals surface area contributed by atoms with E-state index in [1.807, 2.05) is 0 Å². The second kappa shape index (κ2) is 20.8. The summed E-state index contributed by atoms with van der Waals surface area (Å²) in [4.78, 5) is 12.2. The van der Waals surface area contributed by atoms with Gasteiger partial charge in [0.1, 0.15) is 110 Å². The maximum atomic E-state index is 12.2. The Morgan fingerprint density at radius 2 is 0.847 bits per heavy atom. The van der Waals surface area contributed by atoms with Crippen molar-refractivity contribution in [2.45, 2.75) is 187 Å². The van der Waals surface area contributed by atoms with Crippen LogP contribution < -0.4 is 5.32 Å². The van der Waals surface area contributed by atoms with Crippen molar-refractivity contribution >= 4 is 5.91 Å². The van der Waals surface area contributed by atoms with Crippen LogP contribution in [0.4, 0.5) is 0 Å². The van der Waals surface area contributed by atoms with Gasteiger partial charge in [-0.15, -0.1) is 0 Å². The molecule has 5 fully saturated rings. The van der Waals surface area contributed by atoms with Crippen LogP contribution in [0.5, 0.6) is 0 Å². The highest BCUT2D eigenvalue weighted by Gasteiger charge is 2.58. The largest absolute Gasteiger partial charge is 0.394 e. The second-order valence-electron chi connectivity index (χ2n) is 15.1. The summed E-state index contributed by atoms with van der Waals surface area (Å²) < 4.78 is 52.8. The van der Waals surface area contributed by atoms with E-state index >= 15 is 0 Å². The Hall–Kier alpha value is -1.45. The van der Waals surface area contributed by atoms with Gasteiger partial charge in [-0.1, -0.05) is 13.8 Å². The van der Waals surface area contributed by atoms with Crippen LogP contribution in [0.25, 0.3) is 0 Å². The van der Waals surface area contributed by atoms with Crippen molar-refractivity contribution in [1.29, 1.82) is 0 Å². The van der Waals surface area contributed by atoms with Gasteiger partial charge in [-0.05, 0) is 12.8 Å². The predicted molar refractivity (Wildman–Crippen MR) is 185 cm³/mol. The van der Waals surface area contributed by atoms with E-state index in [9.17, 15) is 76.3 Å². The fraction of sp³-hybridized carbons (Fsp3) is 0.971. The third-order valence-electron chi connectivity index (χ3n) is 11.2. The predicted octanol–water partition coefficient (Wildman–Crippen LogP) is -8.95. The maximum absolute atomic E-state index is 12.2. The third-order valence-corrected chi connectivity index (χ3v) is 11.2. The average Bonchev–Trinajstić information content (AvgIpc) is 3.21. The Bertz CT molecular complexity index is 1320. The number of hydrogen-bond donors (Lipinski definition) is 15. The van der Waals surface area contributed by atoms with Gasteiger partial charge in [-0.3, -0.25) is 4.79 Å². The Morgan fingerprint density at radius 1 is 0.441 bits per heavy atom. The maximum Gasteiger partial charge on any atom is 0.217 e. The van der Waals surface area contributed by atoms with Crippen LogP contribution in [0.15, 0.2) is 0 Å². The third kappa shape index (κ3) is 10.2. The number of aliphatic hydroxyl groups is 14. The highest BCUT2D eigenvalue weighted by atomic mass is 16.8. The van der Waals surface area contributed by atoms with Gasteiger partial charge in [0.05, 0.1) is 32.0 Å².